The summed E-state index contributed by atoms with van der Waals surface area (Å²) in [5, 5.41) is 4.82. The van der Waals surface area contributed by atoms with E-state index in [9.17, 15) is 9.18 Å². The van der Waals surface area contributed by atoms with Crippen LogP contribution in [-0.2, 0) is 0 Å². The number of likely N-dealkylation sites (tertiary alicyclic amines) is 1. The van der Waals surface area contributed by atoms with E-state index in [1.165, 1.54) is 6.07 Å². The molecule has 0 saturated carbocycles. The maximum atomic E-state index is 13.9. The molecule has 1 saturated heterocycles. The molecule has 1 amide bonds. The summed E-state index contributed by atoms with van der Waals surface area (Å²) in [7, 11) is 0. The number of rotatable bonds is 4. The number of nitrogens with one attached hydrogen (secondary N) is 2. The molecule has 2 N–H and O–H groups in total. The number of carbonyl (C=O) groups excluding carboxylic acids is 1. The van der Waals surface area contributed by atoms with E-state index in [1.54, 1.807) is 30.5 Å². The number of nitrogens with zero attached hydrogens (tertiary/aromatic N) is 1. The Balaban J connectivity index is 1.39. The van der Waals surface area contributed by atoms with E-state index < -0.39 is 0 Å². The zero-order chi connectivity index (χ0) is 19.7. The molecule has 28 heavy (non-hydrogen) atoms. The molecular formula is C22H21ClFN3O. The number of H-pyrrole nitrogens is 1. The normalized spacial score (nSPS) is 15.0. The van der Waals surface area contributed by atoms with Crippen molar-refractivity contribution in [3.8, 4) is 0 Å². The summed E-state index contributed by atoms with van der Waals surface area (Å²) in [6, 6.07) is 12.2. The van der Waals surface area contributed by atoms with E-state index >= 15 is 0 Å². The maximum absolute atomic E-state index is 13.9. The first-order chi connectivity index (χ1) is 13.5. The molecule has 0 radical (unpaired) electrons. The van der Waals surface area contributed by atoms with Crippen LogP contribution in [0.3, 0.4) is 0 Å². The van der Waals surface area contributed by atoms with E-state index in [0.717, 1.165) is 23.7 Å². The van der Waals surface area contributed by atoms with Gasteiger partial charge in [0.25, 0.3) is 5.91 Å². The Morgan fingerprint density at radius 1 is 1.18 bits per heavy atom. The predicted molar refractivity (Wildman–Crippen MR) is 111 cm³/mol. The lowest BCUT2D eigenvalue weighted by Gasteiger charge is -2.33. The zero-order valence-electron chi connectivity index (χ0n) is 15.3. The molecular weight excluding hydrogens is 377 g/mol. The molecule has 0 bridgehead atoms. The highest BCUT2D eigenvalue weighted by atomic mass is 35.5. The van der Waals surface area contributed by atoms with Crippen LogP contribution in [0.1, 0.15) is 28.8 Å². The van der Waals surface area contributed by atoms with Crippen LogP contribution in [0.25, 0.3) is 16.6 Å². The van der Waals surface area contributed by atoms with Gasteiger partial charge < -0.3 is 15.2 Å². The highest BCUT2D eigenvalue weighted by molar-refractivity contribution is 6.31. The monoisotopic (exact) mass is 397 g/mol. The van der Waals surface area contributed by atoms with E-state index in [0.29, 0.717) is 34.9 Å². The first kappa shape index (κ1) is 18.6. The fourth-order valence-corrected chi connectivity index (χ4v) is 3.87. The molecule has 144 valence electrons. The smallest absolute Gasteiger partial charge is 0.256 e. The SMILES string of the molecule is C=C(NC1CCN(C(=O)c2c[nH]c3cc(Cl)ccc23)CC1)c1ccccc1F. The van der Waals surface area contributed by atoms with Crippen LogP contribution in [0.4, 0.5) is 4.39 Å². The zero-order valence-corrected chi connectivity index (χ0v) is 16.1. The Morgan fingerprint density at radius 2 is 1.93 bits per heavy atom. The molecule has 4 nitrogen and oxygen atoms in total. The second kappa shape index (κ2) is 7.68. The number of carbonyl (C=O) groups is 1. The van der Waals surface area contributed by atoms with Crippen molar-refractivity contribution in [3.63, 3.8) is 0 Å². The van der Waals surface area contributed by atoms with Crippen LogP contribution in [0.15, 0.2) is 55.2 Å². The minimum Gasteiger partial charge on any atom is -0.382 e. The number of amides is 1. The van der Waals surface area contributed by atoms with Crippen LogP contribution >= 0.6 is 11.6 Å². The van der Waals surface area contributed by atoms with Crippen molar-refractivity contribution in [3.05, 3.63) is 77.2 Å². The highest BCUT2D eigenvalue weighted by Crippen LogP contribution is 2.25. The molecule has 1 aliphatic rings. The van der Waals surface area contributed by atoms with Gasteiger partial charge in [-0.15, -0.1) is 0 Å². The van der Waals surface area contributed by atoms with Gasteiger partial charge in [-0.2, -0.15) is 0 Å². The summed E-state index contributed by atoms with van der Waals surface area (Å²) >= 11 is 6.01. The first-order valence-corrected chi connectivity index (χ1v) is 9.67. The Hall–Kier alpha value is -2.79. The van der Waals surface area contributed by atoms with Crippen LogP contribution in [0, 0.1) is 5.82 Å². The maximum Gasteiger partial charge on any atom is 0.256 e. The fraction of sp³-hybridized carbons (Fsp3) is 0.227. The second-order valence-corrected chi connectivity index (χ2v) is 7.50. The quantitative estimate of drug-likeness (QED) is 0.662. The molecule has 2 aromatic carbocycles. The number of aromatic amines is 1. The van der Waals surface area contributed by atoms with Crippen molar-refractivity contribution in [2.75, 3.05) is 13.1 Å². The molecule has 6 heteroatoms. The molecule has 3 aromatic rings. The average Bonchev–Trinajstić information content (AvgIpc) is 3.11. The van der Waals surface area contributed by atoms with Gasteiger partial charge in [-0.05, 0) is 37.1 Å². The summed E-state index contributed by atoms with van der Waals surface area (Å²) in [6.45, 7) is 5.25. The Labute approximate surface area is 168 Å². The molecule has 0 aliphatic carbocycles. The highest BCUT2D eigenvalue weighted by Gasteiger charge is 2.25. The van der Waals surface area contributed by atoms with Crippen molar-refractivity contribution in [2.24, 2.45) is 0 Å². The van der Waals surface area contributed by atoms with Crippen molar-refractivity contribution in [1.29, 1.82) is 0 Å². The summed E-state index contributed by atoms with van der Waals surface area (Å²) in [4.78, 5) is 17.9. The molecule has 4 rings (SSSR count). The van der Waals surface area contributed by atoms with Crippen molar-refractivity contribution in [1.82, 2.24) is 15.2 Å². The van der Waals surface area contributed by atoms with Crippen molar-refractivity contribution < 1.29 is 9.18 Å². The fourth-order valence-electron chi connectivity index (χ4n) is 3.70. The first-order valence-electron chi connectivity index (χ1n) is 9.29. The third-order valence-corrected chi connectivity index (χ3v) is 5.47. The number of aromatic nitrogens is 1. The van der Waals surface area contributed by atoms with Gasteiger partial charge in [0.2, 0.25) is 0 Å². The van der Waals surface area contributed by atoms with Gasteiger partial charge in [0.05, 0.1) is 5.56 Å². The summed E-state index contributed by atoms with van der Waals surface area (Å²) in [5.74, 6) is -0.271. The molecule has 1 aliphatic heterocycles. The lowest BCUT2D eigenvalue weighted by atomic mass is 10.0. The van der Waals surface area contributed by atoms with Crippen molar-refractivity contribution >= 4 is 34.1 Å². The topological polar surface area (TPSA) is 48.1 Å². The van der Waals surface area contributed by atoms with E-state index in [-0.39, 0.29) is 17.8 Å². The van der Waals surface area contributed by atoms with Crippen LogP contribution in [-0.4, -0.2) is 34.9 Å². The minimum atomic E-state index is -0.285. The number of hydrogen-bond donors (Lipinski definition) is 2. The molecule has 0 unspecified atom stereocenters. The van der Waals surface area contributed by atoms with E-state index in [4.69, 9.17) is 11.6 Å². The summed E-state index contributed by atoms with van der Waals surface area (Å²) in [5.41, 5.74) is 2.58. The average molecular weight is 398 g/mol. The van der Waals surface area contributed by atoms with Gasteiger partial charge in [-0.1, -0.05) is 36.4 Å². The second-order valence-electron chi connectivity index (χ2n) is 7.06. The van der Waals surface area contributed by atoms with Gasteiger partial charge in [0.1, 0.15) is 5.82 Å². The van der Waals surface area contributed by atoms with Crippen LogP contribution in [0.5, 0.6) is 0 Å². The number of benzene rings is 2. The van der Waals surface area contributed by atoms with Gasteiger partial charge in [-0.25, -0.2) is 4.39 Å². The lowest BCUT2D eigenvalue weighted by Crippen LogP contribution is -2.44. The van der Waals surface area contributed by atoms with E-state index in [2.05, 4.69) is 16.9 Å². The number of fused-ring (bicyclic) bond motifs is 1. The van der Waals surface area contributed by atoms with Gasteiger partial charge >= 0.3 is 0 Å². The van der Waals surface area contributed by atoms with Gasteiger partial charge in [0.15, 0.2) is 0 Å². The third-order valence-electron chi connectivity index (χ3n) is 5.23. The summed E-state index contributed by atoms with van der Waals surface area (Å²) in [6.07, 6.45) is 3.31. The third kappa shape index (κ3) is 3.62. The molecule has 1 aromatic heterocycles. The lowest BCUT2D eigenvalue weighted by molar-refractivity contribution is 0.0711. The standard InChI is InChI=1S/C22H21ClFN3O/c1-14(17-4-2-3-5-20(17)24)26-16-8-10-27(11-9-16)22(28)19-13-25-21-12-15(23)6-7-18(19)21/h2-7,12-13,16,25-26H,1,8-11H2. The minimum absolute atomic E-state index is 0.0138. The molecule has 1 fully saturated rings. The molecule has 0 spiro atoms. The number of halogens is 2. The number of piperidine rings is 1. The molecule has 2 heterocycles. The predicted octanol–water partition coefficient (Wildman–Crippen LogP) is 4.83. The number of hydrogen-bond acceptors (Lipinski definition) is 2. The van der Waals surface area contributed by atoms with Crippen molar-refractivity contribution in [2.45, 2.75) is 18.9 Å². The Kier molecular flexibility index (Phi) is 5.09. The Morgan fingerprint density at radius 3 is 2.68 bits per heavy atom. The summed E-state index contributed by atoms with van der Waals surface area (Å²) < 4.78 is 13.9. The molecule has 0 atom stereocenters. The van der Waals surface area contributed by atoms with Crippen LogP contribution < -0.4 is 5.32 Å². The Bertz CT molecular complexity index is 1040. The largest absolute Gasteiger partial charge is 0.382 e. The van der Waals surface area contributed by atoms with Gasteiger partial charge in [0, 0.05) is 52.5 Å². The van der Waals surface area contributed by atoms with E-state index in [1.807, 2.05) is 17.0 Å². The van der Waals surface area contributed by atoms with Gasteiger partial charge in [-0.3, -0.25) is 4.79 Å². The van der Waals surface area contributed by atoms with Crippen LogP contribution in [0.2, 0.25) is 5.02 Å².